The lowest BCUT2D eigenvalue weighted by Crippen LogP contribution is -2.54. The van der Waals surface area contributed by atoms with Crippen molar-refractivity contribution in [3.05, 3.63) is 46.9 Å². The van der Waals surface area contributed by atoms with Crippen molar-refractivity contribution in [3.63, 3.8) is 0 Å². The van der Waals surface area contributed by atoms with Gasteiger partial charge in [0.25, 0.3) is 0 Å². The standard InChI is InChI=1S/C41H52F2N4O4/c1-5-32-34(43)11-10-28-18-31(48)20-33(36(28)32)29-19-35-37(50-24-29)38(46-16-8-6-7-9-17-46)45-39(44-35)51-25-41(26(2)3)21-30(42)23-47(41)22-27-12-14-40(4,49)15-13-27/h1,10-11,18,20,26-27,29-30,48-49H,6-9,12-17,19,21-25H2,2-4H3/t27?,29-,30+,40?,41-/m0/s1. The highest BCUT2D eigenvalue weighted by molar-refractivity contribution is 5.93. The van der Waals surface area contributed by atoms with E-state index in [0.29, 0.717) is 58.9 Å². The number of likely N-dealkylation sites (tertiary alicyclic amines) is 1. The summed E-state index contributed by atoms with van der Waals surface area (Å²) in [5.41, 5.74) is 0.407. The molecule has 1 saturated carbocycles. The van der Waals surface area contributed by atoms with Gasteiger partial charge in [-0.3, -0.25) is 4.90 Å². The fourth-order valence-corrected chi connectivity index (χ4v) is 9.06. The van der Waals surface area contributed by atoms with Gasteiger partial charge in [0.2, 0.25) is 0 Å². The molecule has 51 heavy (non-hydrogen) atoms. The van der Waals surface area contributed by atoms with Crippen LogP contribution in [-0.4, -0.2) is 81.8 Å². The minimum Gasteiger partial charge on any atom is -0.508 e. The summed E-state index contributed by atoms with van der Waals surface area (Å²) < 4.78 is 43.4. The number of aromatic nitrogens is 2. The van der Waals surface area contributed by atoms with Gasteiger partial charge in [-0.1, -0.05) is 38.7 Å². The Morgan fingerprint density at radius 1 is 1.12 bits per heavy atom. The van der Waals surface area contributed by atoms with Crippen molar-refractivity contribution in [1.29, 1.82) is 0 Å². The topological polar surface area (TPSA) is 91.2 Å². The van der Waals surface area contributed by atoms with E-state index >= 15 is 4.39 Å². The van der Waals surface area contributed by atoms with Crippen LogP contribution in [0.5, 0.6) is 17.5 Å². The number of aliphatic hydroxyl groups is 1. The second-order valence-corrected chi connectivity index (χ2v) is 16.1. The lowest BCUT2D eigenvalue weighted by atomic mass is 9.78. The second-order valence-electron chi connectivity index (χ2n) is 16.1. The maximum absolute atomic E-state index is 15.4. The third-order valence-electron chi connectivity index (χ3n) is 12.1. The van der Waals surface area contributed by atoms with Gasteiger partial charge < -0.3 is 24.6 Å². The third-order valence-corrected chi connectivity index (χ3v) is 12.1. The van der Waals surface area contributed by atoms with Crippen LogP contribution in [0.4, 0.5) is 14.6 Å². The molecule has 3 aromatic rings. The largest absolute Gasteiger partial charge is 0.508 e. The Labute approximate surface area is 300 Å². The molecule has 0 radical (unpaired) electrons. The van der Waals surface area contributed by atoms with Crippen LogP contribution in [-0.2, 0) is 6.42 Å². The van der Waals surface area contributed by atoms with Crippen molar-refractivity contribution >= 4 is 16.6 Å². The number of phenolic OH excluding ortho intramolecular Hbond substituents is 1. The number of phenols is 1. The zero-order chi connectivity index (χ0) is 35.9. The van der Waals surface area contributed by atoms with Crippen molar-refractivity contribution < 1.29 is 28.5 Å². The van der Waals surface area contributed by atoms with Crippen molar-refractivity contribution in [2.45, 2.75) is 108 Å². The van der Waals surface area contributed by atoms with E-state index in [4.69, 9.17) is 25.9 Å². The first-order valence-corrected chi connectivity index (χ1v) is 18.9. The Morgan fingerprint density at radius 2 is 1.86 bits per heavy atom. The Balaban J connectivity index is 1.21. The van der Waals surface area contributed by atoms with Gasteiger partial charge in [-0.15, -0.1) is 6.42 Å². The van der Waals surface area contributed by atoms with Gasteiger partial charge in [-0.2, -0.15) is 9.97 Å². The van der Waals surface area contributed by atoms with Crippen LogP contribution in [0.25, 0.3) is 10.8 Å². The lowest BCUT2D eigenvalue weighted by Gasteiger charge is -2.44. The van der Waals surface area contributed by atoms with Gasteiger partial charge in [0.15, 0.2) is 11.6 Å². The first-order chi connectivity index (χ1) is 24.5. The average Bonchev–Trinajstić information content (AvgIpc) is 3.23. The molecule has 2 aromatic carbocycles. The smallest absolute Gasteiger partial charge is 0.318 e. The molecule has 0 bridgehead atoms. The first-order valence-electron chi connectivity index (χ1n) is 18.9. The van der Waals surface area contributed by atoms with E-state index in [-0.39, 0.29) is 42.4 Å². The van der Waals surface area contributed by atoms with Gasteiger partial charge in [-0.05, 0) is 86.4 Å². The number of rotatable bonds is 8. The van der Waals surface area contributed by atoms with E-state index in [1.807, 2.05) is 6.92 Å². The van der Waals surface area contributed by atoms with Gasteiger partial charge in [0.05, 0.1) is 29.0 Å². The van der Waals surface area contributed by atoms with Crippen LogP contribution in [0.1, 0.15) is 101 Å². The lowest BCUT2D eigenvalue weighted by molar-refractivity contribution is -0.0157. The molecule has 3 aliphatic heterocycles. The molecule has 8 nitrogen and oxygen atoms in total. The molecule has 2 N–H and O–H groups in total. The molecule has 2 saturated heterocycles. The molecule has 0 spiro atoms. The van der Waals surface area contributed by atoms with E-state index < -0.39 is 23.1 Å². The summed E-state index contributed by atoms with van der Waals surface area (Å²) in [7, 11) is 0. The van der Waals surface area contributed by atoms with Crippen LogP contribution in [0, 0.1) is 30.0 Å². The summed E-state index contributed by atoms with van der Waals surface area (Å²) in [6.07, 6.45) is 13.5. The third kappa shape index (κ3) is 7.21. The molecular formula is C41H52F2N4O4. The molecule has 10 heteroatoms. The predicted molar refractivity (Wildman–Crippen MR) is 195 cm³/mol. The zero-order valence-corrected chi connectivity index (χ0v) is 30.3. The normalized spacial score (nSPS) is 28.7. The van der Waals surface area contributed by atoms with Crippen molar-refractivity contribution in [3.8, 4) is 29.9 Å². The highest BCUT2D eigenvalue weighted by Crippen LogP contribution is 2.44. The summed E-state index contributed by atoms with van der Waals surface area (Å²) in [5, 5.41) is 22.5. The summed E-state index contributed by atoms with van der Waals surface area (Å²) in [4.78, 5) is 14.5. The Kier molecular flexibility index (Phi) is 10.1. The molecule has 3 fully saturated rings. The number of terminal acetylenes is 1. The number of benzene rings is 2. The van der Waals surface area contributed by atoms with E-state index in [2.05, 4.69) is 29.6 Å². The Morgan fingerprint density at radius 3 is 2.57 bits per heavy atom. The van der Waals surface area contributed by atoms with E-state index in [9.17, 15) is 14.6 Å². The molecule has 1 aromatic heterocycles. The molecule has 0 unspecified atom stereocenters. The quantitative estimate of drug-likeness (QED) is 0.236. The molecular weight excluding hydrogens is 650 g/mol. The zero-order valence-electron chi connectivity index (χ0n) is 30.3. The van der Waals surface area contributed by atoms with Gasteiger partial charge in [-0.25, -0.2) is 8.78 Å². The number of fused-ring (bicyclic) bond motifs is 2. The van der Waals surface area contributed by atoms with E-state index in [1.54, 1.807) is 18.2 Å². The fourth-order valence-electron chi connectivity index (χ4n) is 9.06. The van der Waals surface area contributed by atoms with Crippen LogP contribution in [0.15, 0.2) is 24.3 Å². The highest BCUT2D eigenvalue weighted by Gasteiger charge is 2.50. The van der Waals surface area contributed by atoms with Gasteiger partial charge in [0.1, 0.15) is 24.3 Å². The summed E-state index contributed by atoms with van der Waals surface area (Å²) in [6, 6.07) is 6.45. The molecule has 4 aliphatic rings. The minimum atomic E-state index is -0.955. The van der Waals surface area contributed by atoms with Gasteiger partial charge >= 0.3 is 6.01 Å². The summed E-state index contributed by atoms with van der Waals surface area (Å²) >= 11 is 0. The fraction of sp³-hybridized carbons (Fsp3) is 0.610. The Bertz CT molecular complexity index is 1780. The van der Waals surface area contributed by atoms with Crippen molar-refractivity contribution in [1.82, 2.24) is 14.9 Å². The summed E-state index contributed by atoms with van der Waals surface area (Å²) in [6.45, 7) is 9.56. The van der Waals surface area contributed by atoms with Crippen LogP contribution in [0.2, 0.25) is 0 Å². The number of nitrogens with zero attached hydrogens (tertiary/aromatic N) is 4. The maximum atomic E-state index is 15.4. The molecule has 7 rings (SSSR count). The average molecular weight is 703 g/mol. The monoisotopic (exact) mass is 702 g/mol. The van der Waals surface area contributed by atoms with Crippen LogP contribution in [0.3, 0.4) is 0 Å². The Hall–Kier alpha value is -3.68. The van der Waals surface area contributed by atoms with Gasteiger partial charge in [0, 0.05) is 50.3 Å². The maximum Gasteiger partial charge on any atom is 0.318 e. The SMILES string of the molecule is C#Cc1c(F)ccc2cc(O)cc([C@@H]3COc4c(nc(OC[C@]5(C(C)C)C[C@@H](F)CN5CC5CCC(C)(O)CC5)nc4N4CCCCCC4)C3)c12. The number of alkyl halides is 1. The summed E-state index contributed by atoms with van der Waals surface area (Å²) in [5.74, 6) is 3.70. The molecule has 0 amide bonds. The van der Waals surface area contributed by atoms with E-state index in [1.165, 1.54) is 6.07 Å². The number of halogens is 2. The number of aromatic hydroxyl groups is 1. The second kappa shape index (κ2) is 14.4. The van der Waals surface area contributed by atoms with E-state index in [0.717, 1.165) is 71.0 Å². The number of ether oxygens (including phenoxy) is 2. The predicted octanol–water partition coefficient (Wildman–Crippen LogP) is 7.31. The minimum absolute atomic E-state index is 0.0692. The first kappa shape index (κ1) is 35.7. The molecule has 4 heterocycles. The van der Waals surface area contributed by atoms with Crippen LogP contribution < -0.4 is 14.4 Å². The van der Waals surface area contributed by atoms with Crippen LogP contribution >= 0.6 is 0 Å². The molecule has 274 valence electrons. The van der Waals surface area contributed by atoms with Crippen molar-refractivity contribution in [2.75, 3.05) is 44.3 Å². The number of anilines is 1. The number of hydrogen-bond donors (Lipinski definition) is 2. The number of hydrogen-bond acceptors (Lipinski definition) is 8. The van der Waals surface area contributed by atoms with Crippen molar-refractivity contribution in [2.24, 2.45) is 11.8 Å². The highest BCUT2D eigenvalue weighted by atomic mass is 19.1. The molecule has 3 atom stereocenters. The molecule has 1 aliphatic carbocycles.